The highest BCUT2D eigenvalue weighted by atomic mass is 16.5. The fraction of sp³-hybridized carbons (Fsp3) is 0.300. The summed E-state index contributed by atoms with van der Waals surface area (Å²) in [5.74, 6) is 2.00. The Hall–Kier alpha value is -2.62. The summed E-state index contributed by atoms with van der Waals surface area (Å²) in [6.45, 7) is 6.59. The first-order valence-electron chi connectivity index (χ1n) is 8.02. The molecule has 0 spiro atoms. The van der Waals surface area contributed by atoms with E-state index >= 15 is 0 Å². The van der Waals surface area contributed by atoms with Crippen LogP contribution in [-0.4, -0.2) is 17.3 Å². The van der Waals surface area contributed by atoms with Gasteiger partial charge in [-0.15, -0.1) is 10.2 Å². The zero-order valence-corrected chi connectivity index (χ0v) is 14.5. The molecule has 0 amide bonds. The first kappa shape index (κ1) is 16.2. The SMILES string of the molecule is COc1ccc(Cc2nnc(-c3ccc(C(C)(C)C)cc3)o2)cc1. The van der Waals surface area contributed by atoms with Gasteiger partial charge in [0.1, 0.15) is 5.75 Å². The van der Waals surface area contributed by atoms with Crippen LogP contribution < -0.4 is 4.74 Å². The van der Waals surface area contributed by atoms with Crippen molar-refractivity contribution in [3.05, 3.63) is 65.5 Å². The normalized spacial score (nSPS) is 11.5. The van der Waals surface area contributed by atoms with Crippen molar-refractivity contribution >= 4 is 0 Å². The van der Waals surface area contributed by atoms with Gasteiger partial charge in [0, 0.05) is 5.56 Å². The Labute approximate surface area is 142 Å². The van der Waals surface area contributed by atoms with Crippen molar-refractivity contribution in [1.29, 1.82) is 0 Å². The predicted molar refractivity (Wildman–Crippen MR) is 94.2 cm³/mol. The van der Waals surface area contributed by atoms with Gasteiger partial charge in [0.05, 0.1) is 13.5 Å². The molecule has 0 N–H and O–H groups in total. The molecule has 1 heterocycles. The third-order valence-electron chi connectivity index (χ3n) is 3.98. The zero-order valence-electron chi connectivity index (χ0n) is 14.5. The lowest BCUT2D eigenvalue weighted by Gasteiger charge is -2.18. The van der Waals surface area contributed by atoms with Crippen LogP contribution in [0.3, 0.4) is 0 Å². The van der Waals surface area contributed by atoms with Gasteiger partial charge in [0.25, 0.3) is 0 Å². The van der Waals surface area contributed by atoms with E-state index in [9.17, 15) is 0 Å². The summed E-state index contributed by atoms with van der Waals surface area (Å²) >= 11 is 0. The quantitative estimate of drug-likeness (QED) is 0.702. The molecule has 3 aromatic rings. The van der Waals surface area contributed by atoms with Crippen molar-refractivity contribution in [1.82, 2.24) is 10.2 Å². The van der Waals surface area contributed by atoms with Crippen molar-refractivity contribution in [3.8, 4) is 17.2 Å². The number of hydrogen-bond acceptors (Lipinski definition) is 4. The molecule has 0 bridgehead atoms. The molecule has 1 aromatic heterocycles. The van der Waals surface area contributed by atoms with Crippen LogP contribution in [0.4, 0.5) is 0 Å². The van der Waals surface area contributed by atoms with Gasteiger partial charge in [0.2, 0.25) is 11.8 Å². The number of hydrogen-bond donors (Lipinski definition) is 0. The highest BCUT2D eigenvalue weighted by Gasteiger charge is 2.14. The second-order valence-corrected chi connectivity index (χ2v) is 6.85. The molecule has 4 nitrogen and oxygen atoms in total. The maximum Gasteiger partial charge on any atom is 0.247 e. The lowest BCUT2D eigenvalue weighted by Crippen LogP contribution is -2.10. The van der Waals surface area contributed by atoms with Crippen molar-refractivity contribution in [2.75, 3.05) is 7.11 Å². The summed E-state index contributed by atoms with van der Waals surface area (Å²) in [7, 11) is 1.66. The molecule has 0 aliphatic carbocycles. The molecule has 0 radical (unpaired) electrons. The molecule has 0 saturated carbocycles. The van der Waals surface area contributed by atoms with E-state index in [1.807, 2.05) is 36.4 Å². The number of rotatable bonds is 4. The zero-order chi connectivity index (χ0) is 17.2. The number of benzene rings is 2. The Bertz CT molecular complexity index is 797. The standard InChI is InChI=1S/C20H22N2O2/c1-20(2,3)16-9-7-15(8-10-16)19-22-21-18(24-19)13-14-5-11-17(23-4)12-6-14/h5-12H,13H2,1-4H3. The molecular formula is C20H22N2O2. The van der Waals surface area contributed by atoms with E-state index in [-0.39, 0.29) is 5.41 Å². The summed E-state index contributed by atoms with van der Waals surface area (Å²) in [6.07, 6.45) is 0.608. The Balaban J connectivity index is 1.75. The molecule has 0 fully saturated rings. The molecule has 0 saturated heterocycles. The van der Waals surface area contributed by atoms with Crippen LogP contribution in [0.25, 0.3) is 11.5 Å². The van der Waals surface area contributed by atoms with Gasteiger partial charge < -0.3 is 9.15 Å². The first-order valence-corrected chi connectivity index (χ1v) is 8.02. The molecule has 0 aliphatic rings. The fourth-order valence-electron chi connectivity index (χ4n) is 2.47. The van der Waals surface area contributed by atoms with E-state index in [0.717, 1.165) is 16.9 Å². The lowest BCUT2D eigenvalue weighted by atomic mass is 9.87. The van der Waals surface area contributed by atoms with E-state index < -0.39 is 0 Å². The highest BCUT2D eigenvalue weighted by Crippen LogP contribution is 2.26. The Morgan fingerprint density at radius 2 is 1.58 bits per heavy atom. The van der Waals surface area contributed by atoms with Crippen LogP contribution in [0.15, 0.2) is 52.9 Å². The van der Waals surface area contributed by atoms with Crippen LogP contribution in [0.2, 0.25) is 0 Å². The van der Waals surface area contributed by atoms with Crippen molar-refractivity contribution in [2.45, 2.75) is 32.6 Å². The fourth-order valence-corrected chi connectivity index (χ4v) is 2.47. The Kier molecular flexibility index (Phi) is 4.38. The van der Waals surface area contributed by atoms with Gasteiger partial charge >= 0.3 is 0 Å². The van der Waals surface area contributed by atoms with Gasteiger partial charge in [-0.3, -0.25) is 0 Å². The topological polar surface area (TPSA) is 48.2 Å². The minimum Gasteiger partial charge on any atom is -0.497 e. The Morgan fingerprint density at radius 3 is 2.17 bits per heavy atom. The Morgan fingerprint density at radius 1 is 0.917 bits per heavy atom. The minimum atomic E-state index is 0.132. The lowest BCUT2D eigenvalue weighted by molar-refractivity contribution is 0.414. The maximum atomic E-state index is 5.80. The van der Waals surface area contributed by atoms with E-state index in [2.05, 4.69) is 43.1 Å². The predicted octanol–water partition coefficient (Wildman–Crippen LogP) is 4.63. The van der Waals surface area contributed by atoms with Crippen LogP contribution in [-0.2, 0) is 11.8 Å². The maximum absolute atomic E-state index is 5.80. The second kappa shape index (κ2) is 6.48. The molecule has 0 unspecified atom stereocenters. The minimum absolute atomic E-state index is 0.132. The van der Waals surface area contributed by atoms with Crippen LogP contribution >= 0.6 is 0 Å². The van der Waals surface area contributed by atoms with E-state index in [1.54, 1.807) is 7.11 Å². The molecule has 4 heteroatoms. The summed E-state index contributed by atoms with van der Waals surface area (Å²) in [6, 6.07) is 16.2. The monoisotopic (exact) mass is 322 g/mol. The van der Waals surface area contributed by atoms with E-state index in [1.165, 1.54) is 5.56 Å². The largest absolute Gasteiger partial charge is 0.497 e. The second-order valence-electron chi connectivity index (χ2n) is 6.85. The summed E-state index contributed by atoms with van der Waals surface area (Å²) in [5.41, 5.74) is 3.46. The molecule has 0 aliphatic heterocycles. The molecule has 0 atom stereocenters. The van der Waals surface area contributed by atoms with Gasteiger partial charge in [-0.25, -0.2) is 0 Å². The van der Waals surface area contributed by atoms with Crippen LogP contribution in [0.1, 0.15) is 37.8 Å². The van der Waals surface area contributed by atoms with Crippen molar-refractivity contribution in [3.63, 3.8) is 0 Å². The number of ether oxygens (including phenoxy) is 1. The molecule has 124 valence electrons. The average Bonchev–Trinajstić information content (AvgIpc) is 3.03. The van der Waals surface area contributed by atoms with E-state index in [0.29, 0.717) is 18.2 Å². The first-order chi connectivity index (χ1) is 11.5. The van der Waals surface area contributed by atoms with Crippen LogP contribution in [0, 0.1) is 0 Å². The highest BCUT2D eigenvalue weighted by molar-refractivity contribution is 5.53. The number of nitrogens with zero attached hydrogens (tertiary/aromatic N) is 2. The summed E-state index contributed by atoms with van der Waals surface area (Å²) in [5, 5.41) is 8.32. The number of aromatic nitrogens is 2. The molecule has 2 aromatic carbocycles. The third-order valence-corrected chi connectivity index (χ3v) is 3.98. The molecule has 3 rings (SSSR count). The van der Waals surface area contributed by atoms with Crippen molar-refractivity contribution in [2.24, 2.45) is 0 Å². The summed E-state index contributed by atoms with van der Waals surface area (Å²) < 4.78 is 11.0. The van der Waals surface area contributed by atoms with Crippen LogP contribution in [0.5, 0.6) is 5.75 Å². The number of methoxy groups -OCH3 is 1. The van der Waals surface area contributed by atoms with Gasteiger partial charge in [0.15, 0.2) is 0 Å². The summed E-state index contributed by atoms with van der Waals surface area (Å²) in [4.78, 5) is 0. The molecule has 24 heavy (non-hydrogen) atoms. The average molecular weight is 322 g/mol. The molecular weight excluding hydrogens is 300 g/mol. The third kappa shape index (κ3) is 3.65. The smallest absolute Gasteiger partial charge is 0.247 e. The van der Waals surface area contributed by atoms with Gasteiger partial charge in [-0.2, -0.15) is 0 Å². The van der Waals surface area contributed by atoms with Gasteiger partial charge in [-0.1, -0.05) is 45.0 Å². The van der Waals surface area contributed by atoms with E-state index in [4.69, 9.17) is 9.15 Å². The van der Waals surface area contributed by atoms with Crippen molar-refractivity contribution < 1.29 is 9.15 Å². The van der Waals surface area contributed by atoms with Gasteiger partial charge in [-0.05, 0) is 40.8 Å².